The van der Waals surface area contributed by atoms with Crippen molar-refractivity contribution in [3.8, 4) is 0 Å². The van der Waals surface area contributed by atoms with Gasteiger partial charge in [0.25, 0.3) is 0 Å². The molecule has 2 aliphatic rings. The van der Waals surface area contributed by atoms with Crippen molar-refractivity contribution < 1.29 is 29.0 Å². The number of hydrogen-bond acceptors (Lipinski definition) is 6. The molecule has 0 spiro atoms. The molecule has 1 saturated heterocycles. The number of likely N-dealkylation sites (tertiary alicyclic amines) is 1. The molecule has 0 radical (unpaired) electrons. The van der Waals surface area contributed by atoms with E-state index in [2.05, 4.69) is 5.32 Å². The topological polar surface area (TPSA) is 113 Å². The molecule has 2 rings (SSSR count). The van der Waals surface area contributed by atoms with Crippen LogP contribution in [0.2, 0.25) is 0 Å². The lowest BCUT2D eigenvalue weighted by Gasteiger charge is -2.30. The average Bonchev–Trinajstić information content (AvgIpc) is 2.94. The molecule has 134 valence electrons. The van der Waals surface area contributed by atoms with Gasteiger partial charge in [-0.15, -0.1) is 0 Å². The highest BCUT2D eigenvalue weighted by Crippen LogP contribution is 2.26. The van der Waals surface area contributed by atoms with Crippen molar-refractivity contribution >= 4 is 23.6 Å². The Morgan fingerprint density at radius 2 is 2.08 bits per heavy atom. The van der Waals surface area contributed by atoms with Gasteiger partial charge in [-0.2, -0.15) is 0 Å². The molecule has 24 heavy (non-hydrogen) atoms. The zero-order chi connectivity index (χ0) is 17.9. The third-order valence-corrected chi connectivity index (χ3v) is 4.73. The van der Waals surface area contributed by atoms with E-state index in [1.54, 1.807) is 0 Å². The van der Waals surface area contributed by atoms with Crippen LogP contribution in [0.5, 0.6) is 0 Å². The number of β-amino-alcohol motifs (C(OH)–C–C–N with tert-alkyl or cyclic N) is 1. The molecule has 0 aromatic heterocycles. The van der Waals surface area contributed by atoms with Crippen LogP contribution in [0.25, 0.3) is 0 Å². The minimum atomic E-state index is -0.918. The Morgan fingerprint density at radius 3 is 2.67 bits per heavy atom. The van der Waals surface area contributed by atoms with E-state index < -0.39 is 30.1 Å². The number of aliphatic hydroxyl groups excluding tert-OH is 1. The fourth-order valence-corrected chi connectivity index (χ4v) is 3.50. The Morgan fingerprint density at radius 1 is 1.38 bits per heavy atom. The van der Waals surface area contributed by atoms with Crippen molar-refractivity contribution in [3.05, 3.63) is 0 Å². The fourth-order valence-electron chi connectivity index (χ4n) is 3.50. The summed E-state index contributed by atoms with van der Waals surface area (Å²) >= 11 is 0. The lowest BCUT2D eigenvalue weighted by Crippen LogP contribution is -2.53. The van der Waals surface area contributed by atoms with E-state index >= 15 is 0 Å². The molecular weight excluding hydrogens is 316 g/mol. The molecule has 1 saturated carbocycles. The van der Waals surface area contributed by atoms with Gasteiger partial charge in [0.2, 0.25) is 11.8 Å². The van der Waals surface area contributed by atoms with Gasteiger partial charge in [0.05, 0.1) is 13.2 Å². The van der Waals surface area contributed by atoms with Gasteiger partial charge in [-0.1, -0.05) is 0 Å². The van der Waals surface area contributed by atoms with Crippen molar-refractivity contribution in [2.24, 2.45) is 5.92 Å². The number of hydrogen-bond donors (Lipinski definition) is 2. The number of ketones is 1. The fraction of sp³-hybridized carbons (Fsp3) is 0.750. The molecule has 2 amide bonds. The predicted molar refractivity (Wildman–Crippen MR) is 82.7 cm³/mol. The summed E-state index contributed by atoms with van der Waals surface area (Å²) in [7, 11) is 1.23. The van der Waals surface area contributed by atoms with Gasteiger partial charge in [0, 0.05) is 32.7 Å². The van der Waals surface area contributed by atoms with Crippen LogP contribution in [0, 0.1) is 5.92 Å². The predicted octanol–water partition coefficient (Wildman–Crippen LogP) is -0.615. The van der Waals surface area contributed by atoms with Crippen molar-refractivity contribution in [2.75, 3.05) is 13.7 Å². The van der Waals surface area contributed by atoms with Gasteiger partial charge < -0.3 is 20.1 Å². The first-order valence-electron chi connectivity index (χ1n) is 8.18. The number of rotatable bonds is 4. The SMILES string of the molecule is COC(=O)[C@@H](NC(=O)[C@@H]1C[C@@H](O)CN1C(C)=O)[C@@H]1CCCC(=O)C1. The molecule has 2 fully saturated rings. The highest BCUT2D eigenvalue weighted by atomic mass is 16.5. The zero-order valence-corrected chi connectivity index (χ0v) is 14.0. The van der Waals surface area contributed by atoms with Gasteiger partial charge >= 0.3 is 5.97 Å². The summed E-state index contributed by atoms with van der Waals surface area (Å²) in [6.07, 6.45) is 1.40. The number of aliphatic hydroxyl groups is 1. The Hall–Kier alpha value is -1.96. The average molecular weight is 340 g/mol. The van der Waals surface area contributed by atoms with Gasteiger partial charge in [-0.05, 0) is 18.8 Å². The first-order chi connectivity index (χ1) is 11.3. The quantitative estimate of drug-likeness (QED) is 0.660. The number of carbonyl (C=O) groups excluding carboxylic acids is 4. The lowest BCUT2D eigenvalue weighted by molar-refractivity contribution is -0.148. The molecule has 1 aliphatic heterocycles. The number of nitrogens with one attached hydrogen (secondary N) is 1. The highest BCUT2D eigenvalue weighted by Gasteiger charge is 2.41. The normalized spacial score (nSPS) is 28.4. The lowest BCUT2D eigenvalue weighted by atomic mass is 9.83. The number of amides is 2. The van der Waals surface area contributed by atoms with Crippen LogP contribution < -0.4 is 5.32 Å². The van der Waals surface area contributed by atoms with Crippen molar-refractivity contribution in [1.29, 1.82) is 0 Å². The first kappa shape index (κ1) is 18.4. The van der Waals surface area contributed by atoms with Crippen LogP contribution >= 0.6 is 0 Å². The molecule has 4 atom stereocenters. The Labute approximate surface area is 140 Å². The largest absolute Gasteiger partial charge is 0.467 e. The minimum absolute atomic E-state index is 0.0658. The number of ether oxygens (including phenoxy) is 1. The molecule has 0 unspecified atom stereocenters. The minimum Gasteiger partial charge on any atom is -0.467 e. The van der Waals surface area contributed by atoms with Crippen LogP contribution in [-0.2, 0) is 23.9 Å². The van der Waals surface area contributed by atoms with Crippen LogP contribution in [0.1, 0.15) is 39.0 Å². The van der Waals surface area contributed by atoms with Gasteiger partial charge in [-0.25, -0.2) is 4.79 Å². The van der Waals surface area contributed by atoms with Gasteiger partial charge in [0.15, 0.2) is 0 Å². The maximum atomic E-state index is 12.6. The molecule has 2 N–H and O–H groups in total. The molecule has 0 bridgehead atoms. The van der Waals surface area contributed by atoms with Crippen LogP contribution in [-0.4, -0.2) is 65.4 Å². The summed E-state index contributed by atoms with van der Waals surface area (Å²) in [5.74, 6) is -1.66. The smallest absolute Gasteiger partial charge is 0.328 e. The van der Waals surface area contributed by atoms with E-state index in [0.29, 0.717) is 19.3 Å². The molecule has 1 heterocycles. The number of esters is 1. The zero-order valence-electron chi connectivity index (χ0n) is 14.0. The summed E-state index contributed by atoms with van der Waals surface area (Å²) < 4.78 is 4.76. The number of carbonyl (C=O) groups is 4. The molecule has 0 aromatic rings. The van der Waals surface area contributed by atoms with Crippen molar-refractivity contribution in [3.63, 3.8) is 0 Å². The number of methoxy groups -OCH3 is 1. The van der Waals surface area contributed by atoms with E-state index in [-0.39, 0.29) is 37.0 Å². The number of Topliss-reactive ketones (excluding diaryl/α,β-unsaturated/α-hetero) is 1. The second-order valence-electron chi connectivity index (χ2n) is 6.48. The molecule has 8 heteroatoms. The summed E-state index contributed by atoms with van der Waals surface area (Å²) in [4.78, 5) is 49.2. The third-order valence-electron chi connectivity index (χ3n) is 4.73. The summed E-state index contributed by atoms with van der Waals surface area (Å²) in [6, 6.07) is -1.73. The van der Waals surface area contributed by atoms with Gasteiger partial charge in [0.1, 0.15) is 17.9 Å². The van der Waals surface area contributed by atoms with Crippen LogP contribution in [0.3, 0.4) is 0 Å². The number of nitrogens with zero attached hydrogens (tertiary/aromatic N) is 1. The van der Waals surface area contributed by atoms with E-state index in [0.717, 1.165) is 0 Å². The van der Waals surface area contributed by atoms with Crippen LogP contribution in [0.4, 0.5) is 0 Å². The van der Waals surface area contributed by atoms with E-state index in [1.807, 2.05) is 0 Å². The van der Waals surface area contributed by atoms with Crippen LogP contribution in [0.15, 0.2) is 0 Å². The highest BCUT2D eigenvalue weighted by molar-refractivity contribution is 5.91. The molecular formula is C16H24N2O6. The van der Waals surface area contributed by atoms with Crippen molar-refractivity contribution in [1.82, 2.24) is 10.2 Å². The Balaban J connectivity index is 2.10. The first-order valence-corrected chi connectivity index (χ1v) is 8.18. The van der Waals surface area contributed by atoms with Gasteiger partial charge in [-0.3, -0.25) is 14.4 Å². The standard InChI is InChI=1S/C16H24N2O6/c1-9(19)18-8-12(21)7-13(18)15(22)17-14(16(23)24-2)10-4-3-5-11(20)6-10/h10,12-14,21H,3-8H2,1-2H3,(H,17,22)/t10-,12-,13+,14+/m1/s1. The maximum Gasteiger partial charge on any atom is 0.328 e. The molecule has 0 aromatic carbocycles. The van der Waals surface area contributed by atoms with Crippen molar-refractivity contribution in [2.45, 2.75) is 57.2 Å². The Kier molecular flexibility index (Phi) is 5.93. The second kappa shape index (κ2) is 7.74. The van der Waals surface area contributed by atoms with E-state index in [4.69, 9.17) is 4.74 Å². The molecule has 1 aliphatic carbocycles. The summed E-state index contributed by atoms with van der Waals surface area (Å²) in [5.41, 5.74) is 0. The third kappa shape index (κ3) is 4.11. The maximum absolute atomic E-state index is 12.6. The molecule has 8 nitrogen and oxygen atoms in total. The summed E-state index contributed by atoms with van der Waals surface area (Å²) in [5, 5.41) is 12.4. The van der Waals surface area contributed by atoms with E-state index in [9.17, 15) is 24.3 Å². The second-order valence-corrected chi connectivity index (χ2v) is 6.48. The Bertz CT molecular complexity index is 535. The van der Waals surface area contributed by atoms with E-state index in [1.165, 1.54) is 18.9 Å². The summed E-state index contributed by atoms with van der Waals surface area (Å²) in [6.45, 7) is 1.42. The monoisotopic (exact) mass is 340 g/mol.